The second-order valence-electron chi connectivity index (χ2n) is 18.3. The molecule has 0 atom stereocenters. The molecule has 10 aromatic carbocycles. The molecule has 59 heavy (non-hydrogen) atoms. The lowest BCUT2D eigenvalue weighted by Crippen LogP contribution is -2.14. The maximum atomic E-state index is 2.48. The summed E-state index contributed by atoms with van der Waals surface area (Å²) in [5.74, 6) is 0. The first-order chi connectivity index (χ1) is 28.6. The summed E-state index contributed by atoms with van der Waals surface area (Å²) in [6.45, 7) is 11.7. The Balaban J connectivity index is 0.855. The standard InChI is InChI=1S/C59H44/c1-35-10-25-55-52(26-35)53-32-47-22-12-36-11-13-45(31-50(36)51(47)34-57(53)59(55,4)5)43-20-18-39-27-37(14-16-41(39)29-43)38-15-17-42-30-44(21-19-40(42)28-38)46-23-24-49-48-8-6-7-9-54(48)58(2,3)56(49)33-46/h6-34H,1-5H3. The van der Waals surface area contributed by atoms with E-state index in [1.165, 1.54) is 127 Å². The van der Waals surface area contributed by atoms with Gasteiger partial charge in [0.2, 0.25) is 0 Å². The molecule has 0 aromatic heterocycles. The van der Waals surface area contributed by atoms with E-state index in [4.69, 9.17) is 0 Å². The van der Waals surface area contributed by atoms with E-state index in [1.807, 2.05) is 0 Å². The van der Waals surface area contributed by atoms with Crippen molar-refractivity contribution in [1.82, 2.24) is 0 Å². The van der Waals surface area contributed by atoms with Crippen LogP contribution in [0.5, 0.6) is 0 Å². The van der Waals surface area contributed by atoms with E-state index < -0.39 is 0 Å². The van der Waals surface area contributed by atoms with Crippen molar-refractivity contribution < 1.29 is 0 Å². The molecule has 280 valence electrons. The van der Waals surface area contributed by atoms with Crippen molar-refractivity contribution in [3.05, 3.63) is 204 Å². The van der Waals surface area contributed by atoms with E-state index >= 15 is 0 Å². The highest BCUT2D eigenvalue weighted by Gasteiger charge is 2.36. The minimum absolute atomic E-state index is 0.00701. The molecule has 2 aliphatic rings. The van der Waals surface area contributed by atoms with Crippen LogP contribution in [0.15, 0.2) is 176 Å². The number of benzene rings is 10. The lowest BCUT2D eigenvalue weighted by atomic mass is 9.81. The monoisotopic (exact) mass is 752 g/mol. The third kappa shape index (κ3) is 5.09. The van der Waals surface area contributed by atoms with Crippen LogP contribution in [0.3, 0.4) is 0 Å². The summed E-state index contributed by atoms with van der Waals surface area (Å²) in [7, 11) is 0. The molecule has 10 aromatic rings. The Morgan fingerprint density at radius 2 is 0.695 bits per heavy atom. The number of hydrogen-bond donors (Lipinski definition) is 0. The van der Waals surface area contributed by atoms with Crippen molar-refractivity contribution in [2.75, 3.05) is 0 Å². The molecule has 0 aliphatic heterocycles. The molecule has 0 heterocycles. The van der Waals surface area contributed by atoms with Crippen LogP contribution in [0.1, 0.15) is 55.5 Å². The number of hydrogen-bond acceptors (Lipinski definition) is 0. The summed E-state index contributed by atoms with van der Waals surface area (Å²) >= 11 is 0. The van der Waals surface area contributed by atoms with Gasteiger partial charge >= 0.3 is 0 Å². The van der Waals surface area contributed by atoms with Crippen molar-refractivity contribution >= 4 is 43.1 Å². The molecule has 0 spiro atoms. The average Bonchev–Trinajstić information content (AvgIpc) is 3.62. The quantitative estimate of drug-likeness (QED) is 0.158. The topological polar surface area (TPSA) is 0 Å². The minimum atomic E-state index is -0.0329. The van der Waals surface area contributed by atoms with Crippen LogP contribution in [0.4, 0.5) is 0 Å². The summed E-state index contributed by atoms with van der Waals surface area (Å²) < 4.78 is 0. The Hall–Kier alpha value is -6.76. The van der Waals surface area contributed by atoms with Crippen molar-refractivity contribution in [2.24, 2.45) is 0 Å². The molecular formula is C59H44. The molecule has 0 N–H and O–H groups in total. The highest BCUT2D eigenvalue weighted by atomic mass is 14.4. The van der Waals surface area contributed by atoms with Gasteiger partial charge in [-0.15, -0.1) is 0 Å². The fraction of sp³-hybridized carbons (Fsp3) is 0.119. The largest absolute Gasteiger partial charge is 0.0619 e. The Morgan fingerprint density at radius 1 is 0.271 bits per heavy atom. The average molecular weight is 753 g/mol. The van der Waals surface area contributed by atoms with Crippen molar-refractivity contribution in [1.29, 1.82) is 0 Å². The molecule has 0 radical (unpaired) electrons. The molecule has 12 rings (SSSR count). The third-order valence-corrected chi connectivity index (χ3v) is 14.1. The van der Waals surface area contributed by atoms with Gasteiger partial charge in [0.25, 0.3) is 0 Å². The maximum Gasteiger partial charge on any atom is 0.0159 e. The predicted molar refractivity (Wildman–Crippen MR) is 253 cm³/mol. The van der Waals surface area contributed by atoms with E-state index in [1.54, 1.807) is 0 Å². The fourth-order valence-electron chi connectivity index (χ4n) is 10.7. The highest BCUT2D eigenvalue weighted by Crippen LogP contribution is 2.52. The van der Waals surface area contributed by atoms with Crippen molar-refractivity contribution in [3.8, 4) is 55.6 Å². The van der Waals surface area contributed by atoms with E-state index in [2.05, 4.69) is 211 Å². The van der Waals surface area contributed by atoms with Gasteiger partial charge in [-0.1, -0.05) is 161 Å². The van der Waals surface area contributed by atoms with Gasteiger partial charge in [0.05, 0.1) is 0 Å². The molecule has 0 bridgehead atoms. The lowest BCUT2D eigenvalue weighted by molar-refractivity contribution is 0.660. The summed E-state index contributed by atoms with van der Waals surface area (Å²) in [5.41, 5.74) is 19.9. The number of fused-ring (bicyclic) bond motifs is 11. The summed E-state index contributed by atoms with van der Waals surface area (Å²) in [5, 5.41) is 10.2. The van der Waals surface area contributed by atoms with Gasteiger partial charge in [0.1, 0.15) is 0 Å². The molecule has 0 amide bonds. The van der Waals surface area contributed by atoms with Gasteiger partial charge in [-0.3, -0.25) is 0 Å². The van der Waals surface area contributed by atoms with Crippen LogP contribution in [-0.2, 0) is 10.8 Å². The van der Waals surface area contributed by atoms with Gasteiger partial charge in [0, 0.05) is 10.8 Å². The Bertz CT molecular complexity index is 3440. The number of aryl methyl sites for hydroxylation is 1. The summed E-state index contributed by atoms with van der Waals surface area (Å²) in [6, 6.07) is 67.0. The predicted octanol–water partition coefficient (Wildman–Crippen LogP) is 16.2. The third-order valence-electron chi connectivity index (χ3n) is 14.1. The summed E-state index contributed by atoms with van der Waals surface area (Å²) in [4.78, 5) is 0. The van der Waals surface area contributed by atoms with Gasteiger partial charge in [-0.25, -0.2) is 0 Å². The Labute approximate surface area is 346 Å². The molecule has 0 fully saturated rings. The minimum Gasteiger partial charge on any atom is -0.0619 e. The Morgan fingerprint density at radius 3 is 1.32 bits per heavy atom. The second-order valence-corrected chi connectivity index (χ2v) is 18.3. The van der Waals surface area contributed by atoms with Crippen LogP contribution in [0.2, 0.25) is 0 Å². The van der Waals surface area contributed by atoms with Gasteiger partial charge in [0.15, 0.2) is 0 Å². The van der Waals surface area contributed by atoms with E-state index in [9.17, 15) is 0 Å². The zero-order valence-electron chi connectivity index (χ0n) is 34.2. The first kappa shape index (κ1) is 34.3. The second kappa shape index (κ2) is 12.1. The van der Waals surface area contributed by atoms with Crippen molar-refractivity contribution in [2.45, 2.75) is 45.4 Å². The van der Waals surface area contributed by atoms with Gasteiger partial charge < -0.3 is 0 Å². The molecule has 0 nitrogen and oxygen atoms in total. The first-order valence-corrected chi connectivity index (χ1v) is 21.1. The molecule has 2 aliphatic carbocycles. The van der Waals surface area contributed by atoms with Crippen LogP contribution in [0, 0.1) is 6.92 Å². The van der Waals surface area contributed by atoms with Crippen LogP contribution in [-0.4, -0.2) is 0 Å². The normalized spacial score (nSPS) is 14.5. The fourth-order valence-corrected chi connectivity index (χ4v) is 10.7. The summed E-state index contributed by atoms with van der Waals surface area (Å²) in [6.07, 6.45) is 0. The highest BCUT2D eigenvalue weighted by molar-refractivity contribution is 6.11. The molecule has 0 unspecified atom stereocenters. The van der Waals surface area contributed by atoms with Gasteiger partial charge in [-0.05, 0) is 176 Å². The zero-order chi connectivity index (χ0) is 39.8. The molecule has 0 saturated carbocycles. The van der Waals surface area contributed by atoms with Crippen LogP contribution < -0.4 is 0 Å². The van der Waals surface area contributed by atoms with Crippen molar-refractivity contribution in [3.63, 3.8) is 0 Å². The van der Waals surface area contributed by atoms with Gasteiger partial charge in [-0.2, -0.15) is 0 Å². The van der Waals surface area contributed by atoms with Crippen LogP contribution in [0.25, 0.3) is 98.7 Å². The molecular weight excluding hydrogens is 709 g/mol. The SMILES string of the molecule is Cc1ccc2c(c1)-c1cc3ccc4ccc(-c5ccc6cc(-c7ccc8cc(-c9ccc%10c(c9)C(C)(C)c9ccccc9-%10)ccc8c7)ccc6c5)cc4c3cc1C2(C)C. The number of rotatable bonds is 3. The van der Waals surface area contributed by atoms with Crippen LogP contribution >= 0.6 is 0 Å². The first-order valence-electron chi connectivity index (χ1n) is 21.1. The maximum absolute atomic E-state index is 2.48. The van der Waals surface area contributed by atoms with E-state index in [0.29, 0.717) is 0 Å². The zero-order valence-corrected chi connectivity index (χ0v) is 34.2. The van der Waals surface area contributed by atoms with E-state index in [0.717, 1.165) is 0 Å². The molecule has 0 heteroatoms. The molecule has 0 saturated heterocycles. The smallest absolute Gasteiger partial charge is 0.0159 e. The Kier molecular flexibility index (Phi) is 7.05. The van der Waals surface area contributed by atoms with E-state index in [-0.39, 0.29) is 10.8 Å². The lowest BCUT2D eigenvalue weighted by Gasteiger charge is -2.22.